The normalized spacial score (nSPS) is 19.1. The summed E-state index contributed by atoms with van der Waals surface area (Å²) in [5, 5.41) is 34.6. The first kappa shape index (κ1) is 32.0. The lowest BCUT2D eigenvalue weighted by atomic mass is 9.98. The van der Waals surface area contributed by atoms with Gasteiger partial charge in [-0.05, 0) is 24.3 Å². The van der Waals surface area contributed by atoms with Crippen LogP contribution in [0.25, 0.3) is 0 Å². The van der Waals surface area contributed by atoms with Crippen LogP contribution < -0.4 is 9.64 Å². The molecular weight excluding hydrogens is 550 g/mol. The van der Waals surface area contributed by atoms with Crippen molar-refractivity contribution in [2.75, 3.05) is 51.8 Å². The maximum Gasteiger partial charge on any atom is 0.317 e. The van der Waals surface area contributed by atoms with E-state index < -0.39 is 18.2 Å². The fourth-order valence-corrected chi connectivity index (χ4v) is 5.12. The minimum absolute atomic E-state index is 0.00691. The number of carboxylic acids is 1. The van der Waals surface area contributed by atoms with E-state index in [4.69, 9.17) is 36.7 Å². The van der Waals surface area contributed by atoms with Gasteiger partial charge in [-0.1, -0.05) is 43.6 Å². The summed E-state index contributed by atoms with van der Waals surface area (Å²) >= 11 is 6.43. The van der Waals surface area contributed by atoms with Gasteiger partial charge in [-0.25, -0.2) is 0 Å². The highest BCUT2D eigenvalue weighted by molar-refractivity contribution is 6.31. The Labute approximate surface area is 245 Å². The van der Waals surface area contributed by atoms with Gasteiger partial charge in [-0.2, -0.15) is 0 Å². The van der Waals surface area contributed by atoms with Crippen LogP contribution in [0.15, 0.2) is 42.5 Å². The molecule has 2 heterocycles. The Morgan fingerprint density at radius 3 is 2.37 bits per heavy atom. The average Bonchev–Trinajstić information content (AvgIpc) is 3.07. The van der Waals surface area contributed by atoms with E-state index in [1.165, 1.54) is 0 Å². The summed E-state index contributed by atoms with van der Waals surface area (Å²) in [6.07, 6.45) is -1.78. The molecular formula is C29H38ClN5O6. The fourth-order valence-electron chi connectivity index (χ4n) is 4.94. The lowest BCUT2D eigenvalue weighted by Crippen LogP contribution is -2.51. The molecule has 2 aromatic carbocycles. The number of amides is 1. The van der Waals surface area contributed by atoms with Crippen LogP contribution in [0.5, 0.6) is 5.75 Å². The molecule has 4 rings (SSSR count). The zero-order chi connectivity index (χ0) is 30.3. The van der Waals surface area contributed by atoms with Gasteiger partial charge >= 0.3 is 5.97 Å². The smallest absolute Gasteiger partial charge is 0.317 e. The molecule has 41 heavy (non-hydrogen) atoms. The number of anilines is 1. The maximum absolute atomic E-state index is 13.5. The van der Waals surface area contributed by atoms with Crippen molar-refractivity contribution in [2.45, 2.75) is 32.5 Å². The third-order valence-corrected chi connectivity index (χ3v) is 7.25. The second-order valence-corrected chi connectivity index (χ2v) is 10.4. The van der Waals surface area contributed by atoms with E-state index in [2.05, 4.69) is 0 Å². The maximum atomic E-state index is 13.5. The first-order valence-corrected chi connectivity index (χ1v) is 13.7. The van der Waals surface area contributed by atoms with Crippen molar-refractivity contribution in [1.29, 1.82) is 10.8 Å². The zero-order valence-electron chi connectivity index (χ0n) is 23.8. The lowest BCUT2D eigenvalue weighted by Gasteiger charge is -2.35. The Morgan fingerprint density at radius 1 is 1.10 bits per heavy atom. The number of nitrogens with zero attached hydrogens (tertiary/aromatic N) is 3. The van der Waals surface area contributed by atoms with Crippen molar-refractivity contribution < 1.29 is 29.3 Å². The number of nitrogens with one attached hydrogen (secondary N) is 2. The van der Waals surface area contributed by atoms with Crippen LogP contribution in [0, 0.1) is 16.7 Å². The number of benzene rings is 2. The molecule has 0 aromatic heterocycles. The van der Waals surface area contributed by atoms with Crippen LogP contribution in [0.2, 0.25) is 5.02 Å². The van der Waals surface area contributed by atoms with E-state index in [0.29, 0.717) is 53.8 Å². The molecule has 2 atom stereocenters. The minimum Gasteiger partial charge on any atom is -0.496 e. The number of aliphatic hydroxyl groups excluding tert-OH is 1. The molecule has 2 aliphatic heterocycles. The van der Waals surface area contributed by atoms with E-state index in [0.717, 1.165) is 7.11 Å². The largest absolute Gasteiger partial charge is 0.496 e. The van der Waals surface area contributed by atoms with E-state index in [9.17, 15) is 15.0 Å². The Hall–Kier alpha value is -3.51. The molecule has 1 fully saturated rings. The lowest BCUT2D eigenvalue weighted by molar-refractivity contribution is -0.139. The summed E-state index contributed by atoms with van der Waals surface area (Å²) in [5.74, 6) is -0.509. The van der Waals surface area contributed by atoms with Crippen LogP contribution in [-0.4, -0.2) is 96.6 Å². The monoisotopic (exact) mass is 587 g/mol. The number of hydrogen-bond acceptors (Lipinski definition) is 8. The van der Waals surface area contributed by atoms with E-state index in [-0.39, 0.29) is 36.5 Å². The predicted molar refractivity (Wildman–Crippen MR) is 157 cm³/mol. The van der Waals surface area contributed by atoms with Crippen molar-refractivity contribution >= 4 is 40.8 Å². The number of piperazine rings is 1. The van der Waals surface area contributed by atoms with Crippen LogP contribution in [-0.2, 0) is 14.3 Å². The first-order chi connectivity index (χ1) is 19.6. The highest BCUT2D eigenvalue weighted by atomic mass is 35.5. The average molecular weight is 588 g/mol. The molecule has 0 aliphatic carbocycles. The van der Waals surface area contributed by atoms with Crippen molar-refractivity contribution in [3.8, 4) is 5.75 Å². The molecule has 1 amide bonds. The predicted octanol–water partition coefficient (Wildman–Crippen LogP) is 3.48. The molecule has 222 valence electrons. The summed E-state index contributed by atoms with van der Waals surface area (Å²) in [5.41, 5.74) is 1.98. The van der Waals surface area contributed by atoms with Crippen molar-refractivity contribution in [3.05, 3.63) is 58.6 Å². The van der Waals surface area contributed by atoms with Gasteiger partial charge in [-0.3, -0.25) is 30.2 Å². The molecule has 0 spiro atoms. The van der Waals surface area contributed by atoms with Gasteiger partial charge in [0, 0.05) is 55.4 Å². The van der Waals surface area contributed by atoms with Crippen molar-refractivity contribution in [3.63, 3.8) is 0 Å². The Bertz CT molecular complexity index is 1260. The number of amidine groups is 2. The summed E-state index contributed by atoms with van der Waals surface area (Å²) in [4.78, 5) is 29.5. The summed E-state index contributed by atoms with van der Waals surface area (Å²) in [7, 11) is 2.57. The molecule has 2 aliphatic rings. The van der Waals surface area contributed by atoms with Crippen LogP contribution in [0.1, 0.15) is 37.5 Å². The molecule has 4 N–H and O–H groups in total. The van der Waals surface area contributed by atoms with E-state index >= 15 is 0 Å². The van der Waals surface area contributed by atoms with Crippen LogP contribution in [0.4, 0.5) is 5.69 Å². The van der Waals surface area contributed by atoms with Crippen molar-refractivity contribution in [2.24, 2.45) is 5.92 Å². The second kappa shape index (κ2) is 14.4. The number of ether oxygens (including phenoxy) is 2. The van der Waals surface area contributed by atoms with Gasteiger partial charge < -0.3 is 24.6 Å². The number of halogens is 1. The number of methoxy groups -OCH3 is 1. The Balaban J connectivity index is 0.00000226. The van der Waals surface area contributed by atoms with Gasteiger partial charge in [0.15, 0.2) is 0 Å². The SMILES string of the molecule is CO.COc1ccccc1C1OC(CC(=O)N2CCN(CC(=O)O)CC2)C(=N)N(C(=N)C(C)C)c2ccc(Cl)cc21. The number of carbonyl (C=O) groups excluding carboxylic acids is 1. The van der Waals surface area contributed by atoms with E-state index in [1.807, 2.05) is 38.1 Å². The first-order valence-electron chi connectivity index (χ1n) is 13.3. The number of aliphatic hydroxyl groups is 1. The quantitative estimate of drug-likeness (QED) is 0.284. The number of rotatable bonds is 7. The number of aliphatic carboxylic acids is 1. The number of fused-ring (bicyclic) bond motifs is 1. The molecule has 11 nitrogen and oxygen atoms in total. The molecule has 0 radical (unpaired) electrons. The second-order valence-electron chi connectivity index (χ2n) is 9.97. The molecule has 1 saturated heterocycles. The number of carbonyl (C=O) groups is 2. The van der Waals surface area contributed by atoms with Crippen LogP contribution >= 0.6 is 11.6 Å². The fraction of sp³-hybridized carbons (Fsp3) is 0.448. The van der Waals surface area contributed by atoms with Gasteiger partial charge in [0.05, 0.1) is 25.8 Å². The van der Waals surface area contributed by atoms with E-state index in [1.54, 1.807) is 40.0 Å². The topological polar surface area (TPSA) is 150 Å². The molecule has 0 bridgehead atoms. The molecule has 2 unspecified atom stereocenters. The zero-order valence-corrected chi connectivity index (χ0v) is 24.5. The third-order valence-electron chi connectivity index (χ3n) is 7.01. The van der Waals surface area contributed by atoms with Crippen LogP contribution in [0.3, 0.4) is 0 Å². The Morgan fingerprint density at radius 2 is 1.76 bits per heavy atom. The number of carboxylic acid groups (broad SMARTS) is 1. The highest BCUT2D eigenvalue weighted by Crippen LogP contribution is 2.43. The molecule has 2 aromatic rings. The van der Waals surface area contributed by atoms with Gasteiger partial charge in [0.25, 0.3) is 0 Å². The van der Waals surface area contributed by atoms with Crippen molar-refractivity contribution in [1.82, 2.24) is 9.80 Å². The molecule has 12 heteroatoms. The number of para-hydroxylation sites is 1. The number of hydrogen-bond donors (Lipinski definition) is 4. The van der Waals surface area contributed by atoms with Gasteiger partial charge in [0.1, 0.15) is 29.6 Å². The highest BCUT2D eigenvalue weighted by Gasteiger charge is 2.39. The summed E-state index contributed by atoms with van der Waals surface area (Å²) in [6.45, 7) is 5.40. The van der Waals surface area contributed by atoms with Gasteiger partial charge in [-0.15, -0.1) is 0 Å². The summed E-state index contributed by atoms with van der Waals surface area (Å²) in [6, 6.07) is 12.7. The Kier molecular flexibility index (Phi) is 11.2. The third kappa shape index (κ3) is 7.42. The summed E-state index contributed by atoms with van der Waals surface area (Å²) < 4.78 is 12.2. The van der Waals surface area contributed by atoms with Gasteiger partial charge in [0.2, 0.25) is 5.91 Å². The molecule has 0 saturated carbocycles. The minimum atomic E-state index is -0.963. The standard InChI is InChI=1S/C28H34ClN5O5.CH4O/c1-17(2)27(30)34-21-9-8-18(29)14-20(21)26(19-6-4-5-7-22(19)38-3)39-23(28(34)31)15-24(35)33-12-10-32(11-13-33)16-25(36)37;1-2/h4-9,14,17,23,26,30-31H,10-13,15-16H2,1-3H3,(H,36,37);2H,1H3.